The molecule has 0 spiro atoms. The molecule has 1 rings (SSSR count). The summed E-state index contributed by atoms with van der Waals surface area (Å²) in [5.74, 6) is 0. The van der Waals surface area contributed by atoms with Crippen molar-refractivity contribution in [3.05, 3.63) is 0 Å². The average Bonchev–Trinajstić information content (AvgIpc) is 3.40. The fraction of sp³-hybridized carbons (Fsp3) is 1.00. The summed E-state index contributed by atoms with van der Waals surface area (Å²) in [5, 5.41) is 0. The van der Waals surface area contributed by atoms with E-state index in [2.05, 4.69) is 39.3 Å². The Labute approximate surface area is 171 Å². The van der Waals surface area contributed by atoms with Crippen LogP contribution in [0.5, 0.6) is 0 Å². The Morgan fingerprint density at radius 2 is 1.81 bits per heavy atom. The second kappa shape index (κ2) is 11.2. The third kappa shape index (κ3) is 7.79. The molecule has 1 heterocycles. The topological polar surface area (TPSA) is 66.5 Å². The van der Waals surface area contributed by atoms with Gasteiger partial charge in [0.2, 0.25) is 7.35 Å². The lowest BCUT2D eigenvalue weighted by atomic mass is 10.5. The van der Waals surface area contributed by atoms with Crippen molar-refractivity contribution < 1.29 is 26.9 Å². The van der Waals surface area contributed by atoms with Gasteiger partial charge < -0.3 is 26.9 Å². The number of hydrogen-bond acceptors (Lipinski definition) is 6. The molecule has 1 saturated heterocycles. The largest absolute Gasteiger partial charge is 0.439 e. The minimum Gasteiger partial charge on any atom is -0.439 e. The second-order valence-electron chi connectivity index (χ2n) is 8.69. The van der Waals surface area contributed by atoms with Gasteiger partial charge in [-0.1, -0.05) is 26.6 Å². The highest BCUT2D eigenvalue weighted by molar-refractivity contribution is 7.64. The van der Waals surface area contributed by atoms with Crippen molar-refractivity contribution in [1.82, 2.24) is 0 Å². The second-order valence-corrected chi connectivity index (χ2v) is 38.3. The molecule has 1 fully saturated rings. The summed E-state index contributed by atoms with van der Waals surface area (Å²) in [4.78, 5) is 0. The third-order valence-electron chi connectivity index (χ3n) is 5.55. The van der Waals surface area contributed by atoms with E-state index in [4.69, 9.17) is 22.4 Å². The number of epoxide rings is 1. The summed E-state index contributed by atoms with van der Waals surface area (Å²) in [6.45, 7) is 18.7. The van der Waals surface area contributed by atoms with E-state index in [0.29, 0.717) is 25.9 Å². The zero-order valence-electron chi connectivity index (χ0n) is 18.6. The highest BCUT2D eigenvalue weighted by Crippen LogP contribution is 2.32. The fourth-order valence-corrected chi connectivity index (χ4v) is 41.8. The lowest BCUT2D eigenvalue weighted by Crippen LogP contribution is -2.77. The predicted octanol–water partition coefficient (Wildman–Crippen LogP) is 2.95. The van der Waals surface area contributed by atoms with Crippen LogP contribution in [0.25, 0.3) is 0 Å². The molecule has 1 aliphatic rings. The number of rotatable bonds is 15. The van der Waals surface area contributed by atoms with E-state index in [1.54, 1.807) is 7.11 Å². The van der Waals surface area contributed by atoms with Gasteiger partial charge in [-0.05, 0) is 32.1 Å². The van der Waals surface area contributed by atoms with E-state index in [1.807, 2.05) is 6.92 Å². The predicted molar refractivity (Wildman–Crippen MR) is 121 cm³/mol. The molecule has 27 heavy (non-hydrogen) atoms. The first-order valence-electron chi connectivity index (χ1n) is 10.1. The molecule has 0 radical (unpaired) electrons. The highest BCUT2D eigenvalue weighted by Gasteiger charge is 2.62. The van der Waals surface area contributed by atoms with Crippen molar-refractivity contribution in [3.8, 4) is 0 Å². The van der Waals surface area contributed by atoms with Crippen LogP contribution in [-0.4, -0.2) is 80.4 Å². The average molecular weight is 469 g/mol. The molecular formula is C16H40O6Si5. The van der Waals surface area contributed by atoms with Crippen molar-refractivity contribution in [2.24, 2.45) is 0 Å². The normalized spacial score (nSPS) is 22.7. The van der Waals surface area contributed by atoms with E-state index < -0.39 is 40.7 Å². The SMILES string of the molecule is CC[Si](=O)C[SiH](C)O[Si](C)(OC)[Si](C)(OCCCOCC1CO1)[Si](C)(C)C. The van der Waals surface area contributed by atoms with Crippen LogP contribution in [0.4, 0.5) is 0 Å². The van der Waals surface area contributed by atoms with Crippen molar-refractivity contribution in [1.29, 1.82) is 0 Å². The Kier molecular flexibility index (Phi) is 10.6. The lowest BCUT2D eigenvalue weighted by Gasteiger charge is -2.48. The Hall–Kier alpha value is 0.684. The lowest BCUT2D eigenvalue weighted by molar-refractivity contribution is 0.104. The molecule has 0 aromatic carbocycles. The third-order valence-corrected chi connectivity index (χ3v) is 47.2. The quantitative estimate of drug-likeness (QED) is 0.209. The van der Waals surface area contributed by atoms with E-state index in [0.717, 1.165) is 24.7 Å². The van der Waals surface area contributed by atoms with Gasteiger partial charge in [0.05, 0.1) is 20.8 Å². The fourth-order valence-electron chi connectivity index (χ4n) is 3.09. The molecule has 0 aromatic rings. The Morgan fingerprint density at radius 3 is 2.30 bits per heavy atom. The molecule has 0 aromatic heterocycles. The maximum Gasteiger partial charge on any atom is 0.332 e. The van der Waals surface area contributed by atoms with Crippen LogP contribution >= 0.6 is 0 Å². The summed E-state index contributed by atoms with van der Waals surface area (Å²) in [5.41, 5.74) is 0.764. The maximum atomic E-state index is 12.0. The summed E-state index contributed by atoms with van der Waals surface area (Å²) in [7, 11) is -7.58. The van der Waals surface area contributed by atoms with Gasteiger partial charge in [-0.2, -0.15) is 0 Å². The molecule has 0 bridgehead atoms. The van der Waals surface area contributed by atoms with E-state index in [1.165, 1.54) is 0 Å². The molecule has 6 nitrogen and oxygen atoms in total. The van der Waals surface area contributed by atoms with Crippen molar-refractivity contribution >= 4 is 40.7 Å². The zero-order chi connectivity index (χ0) is 20.7. The molecule has 1 aliphatic heterocycles. The first-order valence-corrected chi connectivity index (χ1v) is 24.6. The van der Waals surface area contributed by atoms with Gasteiger partial charge in [-0.3, -0.25) is 0 Å². The summed E-state index contributed by atoms with van der Waals surface area (Å²) in [6, 6.07) is 0.766. The van der Waals surface area contributed by atoms with Gasteiger partial charge in [-0.25, -0.2) is 0 Å². The number of hydrogen-bond donors (Lipinski definition) is 0. The van der Waals surface area contributed by atoms with Crippen LogP contribution in [0.2, 0.25) is 51.0 Å². The van der Waals surface area contributed by atoms with Crippen LogP contribution in [0.3, 0.4) is 0 Å². The van der Waals surface area contributed by atoms with Crippen molar-refractivity contribution in [2.45, 2.75) is 70.4 Å². The highest BCUT2D eigenvalue weighted by atomic mass is 29.7. The molecule has 160 valence electrons. The van der Waals surface area contributed by atoms with Gasteiger partial charge in [0.25, 0.3) is 8.68 Å². The molecule has 4 unspecified atom stereocenters. The Bertz CT molecular complexity index is 473. The summed E-state index contributed by atoms with van der Waals surface area (Å²) < 4.78 is 42.3. The summed E-state index contributed by atoms with van der Waals surface area (Å²) in [6.07, 6.45) is 1.19. The van der Waals surface area contributed by atoms with Gasteiger partial charge >= 0.3 is 8.08 Å². The molecule has 0 aliphatic carbocycles. The van der Waals surface area contributed by atoms with Crippen molar-refractivity contribution in [3.63, 3.8) is 0 Å². The first kappa shape index (κ1) is 25.7. The van der Waals surface area contributed by atoms with Gasteiger partial charge in [0.1, 0.15) is 6.10 Å². The van der Waals surface area contributed by atoms with Crippen LogP contribution in [0, 0.1) is 0 Å². The van der Waals surface area contributed by atoms with Crippen molar-refractivity contribution in [2.75, 3.05) is 33.5 Å². The monoisotopic (exact) mass is 468 g/mol. The maximum absolute atomic E-state index is 12.0. The molecule has 0 amide bonds. The molecule has 11 heteroatoms. The zero-order valence-corrected chi connectivity index (χ0v) is 23.7. The standard InChI is InChI=1S/C16H40O6Si5/c1-9-24(17)15-23(3)22-26(7,18-2)27(8,25(4,5)6)21-12-10-11-19-13-16-14-20-16/h16,23H,9-15H2,1-8H3. The van der Waals surface area contributed by atoms with Crippen LogP contribution in [-0.2, 0) is 26.9 Å². The number of ether oxygens (including phenoxy) is 2. The van der Waals surface area contributed by atoms with Crippen LogP contribution in [0.1, 0.15) is 13.3 Å². The van der Waals surface area contributed by atoms with Gasteiger partial charge in [0, 0.05) is 26.0 Å². The molecule has 0 N–H and O–H groups in total. The Morgan fingerprint density at radius 1 is 1.19 bits per heavy atom. The molecular weight excluding hydrogens is 429 g/mol. The van der Waals surface area contributed by atoms with E-state index in [-0.39, 0.29) is 0 Å². The molecule has 0 saturated carbocycles. The first-order chi connectivity index (χ1) is 12.5. The van der Waals surface area contributed by atoms with E-state index >= 15 is 0 Å². The molecule has 4 atom stereocenters. The van der Waals surface area contributed by atoms with Gasteiger partial charge in [-0.15, -0.1) is 0 Å². The minimum absolute atomic E-state index is 0.312. The summed E-state index contributed by atoms with van der Waals surface area (Å²) >= 11 is 0. The van der Waals surface area contributed by atoms with Crippen LogP contribution < -0.4 is 0 Å². The Balaban J connectivity index is 2.71. The smallest absolute Gasteiger partial charge is 0.332 e. The van der Waals surface area contributed by atoms with Gasteiger partial charge in [0.15, 0.2) is 9.04 Å². The van der Waals surface area contributed by atoms with E-state index in [9.17, 15) is 4.46 Å². The van der Waals surface area contributed by atoms with Crippen LogP contribution in [0.15, 0.2) is 0 Å². The minimum atomic E-state index is -2.47.